The number of ether oxygens (including phenoxy) is 1. The third-order valence-corrected chi connectivity index (χ3v) is 5.45. The third-order valence-electron chi connectivity index (χ3n) is 5.45. The van der Waals surface area contributed by atoms with Gasteiger partial charge in [-0.05, 0) is 69.9 Å². The van der Waals surface area contributed by atoms with Crippen LogP contribution in [0.2, 0.25) is 0 Å². The number of nitrogens with zero attached hydrogens (tertiary/aromatic N) is 3. The molecule has 0 fully saturated rings. The first-order chi connectivity index (χ1) is 15.0. The van der Waals surface area contributed by atoms with Crippen LogP contribution in [0, 0.1) is 13.8 Å². The molecule has 7 heteroatoms. The Morgan fingerprint density at radius 1 is 1.10 bits per heavy atom. The van der Waals surface area contributed by atoms with Gasteiger partial charge in [-0.2, -0.15) is 0 Å². The normalized spacial score (nSPS) is 13.7. The Morgan fingerprint density at radius 3 is 2.61 bits per heavy atom. The summed E-state index contributed by atoms with van der Waals surface area (Å²) < 4.78 is 10.8. The van der Waals surface area contributed by atoms with Crippen molar-refractivity contribution in [3.63, 3.8) is 0 Å². The van der Waals surface area contributed by atoms with E-state index in [0.29, 0.717) is 28.9 Å². The van der Waals surface area contributed by atoms with Crippen molar-refractivity contribution in [3.05, 3.63) is 71.1 Å². The zero-order chi connectivity index (χ0) is 21.8. The van der Waals surface area contributed by atoms with Gasteiger partial charge in [0.15, 0.2) is 6.61 Å². The van der Waals surface area contributed by atoms with Crippen molar-refractivity contribution in [1.29, 1.82) is 0 Å². The fourth-order valence-corrected chi connectivity index (χ4v) is 3.62. The van der Waals surface area contributed by atoms with Gasteiger partial charge in [0.1, 0.15) is 5.76 Å². The molecule has 3 aromatic rings. The van der Waals surface area contributed by atoms with Crippen molar-refractivity contribution in [1.82, 2.24) is 14.9 Å². The molecule has 0 saturated heterocycles. The zero-order valence-corrected chi connectivity index (χ0v) is 17.8. The average Bonchev–Trinajstić information content (AvgIpc) is 3.30. The number of esters is 1. The van der Waals surface area contributed by atoms with Crippen molar-refractivity contribution >= 4 is 22.9 Å². The maximum absolute atomic E-state index is 12.9. The molecule has 0 radical (unpaired) electrons. The summed E-state index contributed by atoms with van der Waals surface area (Å²) in [4.78, 5) is 36.1. The molecule has 0 saturated carbocycles. The van der Waals surface area contributed by atoms with Crippen LogP contribution in [0.5, 0.6) is 0 Å². The number of carbonyl (C=O) groups excluding carboxylic acids is 2. The molecule has 0 aliphatic heterocycles. The molecule has 0 unspecified atom stereocenters. The first-order valence-electron chi connectivity index (χ1n) is 10.4. The molecule has 0 bridgehead atoms. The lowest BCUT2D eigenvalue weighted by Crippen LogP contribution is -2.34. The Balaban J connectivity index is 1.46. The van der Waals surface area contributed by atoms with Gasteiger partial charge in [-0.25, -0.2) is 14.8 Å². The van der Waals surface area contributed by atoms with Crippen LogP contribution in [0.25, 0.3) is 11.0 Å². The number of rotatable bonds is 6. The van der Waals surface area contributed by atoms with E-state index < -0.39 is 5.97 Å². The number of aromatic nitrogens is 2. The second kappa shape index (κ2) is 9.12. The van der Waals surface area contributed by atoms with Crippen LogP contribution in [-0.4, -0.2) is 33.4 Å². The Kier molecular flexibility index (Phi) is 6.11. The van der Waals surface area contributed by atoms with E-state index in [2.05, 4.69) is 16.0 Å². The van der Waals surface area contributed by atoms with Crippen molar-refractivity contribution in [3.8, 4) is 0 Å². The van der Waals surface area contributed by atoms with Gasteiger partial charge >= 0.3 is 5.97 Å². The van der Waals surface area contributed by atoms with Crippen LogP contribution in [0.15, 0.2) is 52.8 Å². The Bertz CT molecular complexity index is 1140. The predicted octanol–water partition coefficient (Wildman–Crippen LogP) is 4.48. The van der Waals surface area contributed by atoms with E-state index in [9.17, 15) is 9.59 Å². The van der Waals surface area contributed by atoms with Crippen LogP contribution in [0.4, 0.5) is 0 Å². The number of hydrogen-bond acceptors (Lipinski definition) is 6. The lowest BCUT2D eigenvalue weighted by Gasteiger charge is -2.26. The van der Waals surface area contributed by atoms with Gasteiger partial charge < -0.3 is 14.1 Å². The van der Waals surface area contributed by atoms with Crippen LogP contribution in [-0.2, 0) is 16.1 Å². The molecule has 1 amide bonds. The van der Waals surface area contributed by atoms with Crippen molar-refractivity contribution in [2.75, 3.05) is 6.61 Å². The zero-order valence-electron chi connectivity index (χ0n) is 17.8. The summed E-state index contributed by atoms with van der Waals surface area (Å²) in [6.45, 7) is 3.75. The second-order valence-corrected chi connectivity index (χ2v) is 7.67. The van der Waals surface area contributed by atoms with Gasteiger partial charge in [0, 0.05) is 5.70 Å². The SMILES string of the molecule is Cc1nc2ccc(C(=O)OCC(=O)N(Cc3ccco3)C3=CCCCC3)cc2nc1C. The fourth-order valence-electron chi connectivity index (χ4n) is 3.62. The van der Waals surface area contributed by atoms with E-state index >= 15 is 0 Å². The van der Waals surface area contributed by atoms with Crippen molar-refractivity contribution in [2.45, 2.75) is 46.1 Å². The van der Waals surface area contributed by atoms with Gasteiger partial charge in [0.25, 0.3) is 5.91 Å². The highest BCUT2D eigenvalue weighted by atomic mass is 16.5. The Labute approximate surface area is 180 Å². The first-order valence-corrected chi connectivity index (χ1v) is 10.4. The molecule has 0 N–H and O–H groups in total. The number of furan rings is 1. The molecule has 1 aliphatic carbocycles. The Hall–Kier alpha value is -3.48. The predicted molar refractivity (Wildman–Crippen MR) is 115 cm³/mol. The van der Waals surface area contributed by atoms with Crippen molar-refractivity contribution < 1.29 is 18.7 Å². The van der Waals surface area contributed by atoms with E-state index in [-0.39, 0.29) is 12.5 Å². The van der Waals surface area contributed by atoms with E-state index in [1.54, 1.807) is 35.4 Å². The molecule has 31 heavy (non-hydrogen) atoms. The minimum Gasteiger partial charge on any atom is -0.467 e. The minimum atomic E-state index is -0.564. The number of amides is 1. The van der Waals surface area contributed by atoms with Gasteiger partial charge in [-0.15, -0.1) is 0 Å². The topological polar surface area (TPSA) is 85.5 Å². The maximum atomic E-state index is 12.9. The molecule has 0 spiro atoms. The van der Waals surface area contributed by atoms with E-state index in [4.69, 9.17) is 9.15 Å². The molecule has 1 aromatic carbocycles. The third kappa shape index (κ3) is 4.82. The first kappa shape index (κ1) is 20.8. The van der Waals surface area contributed by atoms with Crippen LogP contribution in [0.1, 0.15) is 53.2 Å². The number of benzene rings is 1. The van der Waals surface area contributed by atoms with E-state index in [1.165, 1.54) is 0 Å². The lowest BCUT2D eigenvalue weighted by molar-refractivity contribution is -0.133. The summed E-state index contributed by atoms with van der Waals surface area (Å²) in [7, 11) is 0. The number of fused-ring (bicyclic) bond motifs is 1. The van der Waals surface area contributed by atoms with Gasteiger partial charge in [-0.1, -0.05) is 6.08 Å². The summed E-state index contributed by atoms with van der Waals surface area (Å²) in [5.74, 6) is -0.152. The molecule has 2 aromatic heterocycles. The largest absolute Gasteiger partial charge is 0.467 e. The average molecular weight is 419 g/mol. The van der Waals surface area contributed by atoms with Gasteiger partial charge in [-0.3, -0.25) is 4.79 Å². The lowest BCUT2D eigenvalue weighted by atomic mass is 10.0. The van der Waals surface area contributed by atoms with Crippen LogP contribution in [0.3, 0.4) is 0 Å². The highest BCUT2D eigenvalue weighted by molar-refractivity contribution is 5.94. The quantitative estimate of drug-likeness (QED) is 0.548. The van der Waals surface area contributed by atoms with Crippen LogP contribution >= 0.6 is 0 Å². The monoisotopic (exact) mass is 419 g/mol. The molecule has 4 rings (SSSR count). The molecule has 0 atom stereocenters. The summed E-state index contributed by atoms with van der Waals surface area (Å²) in [5.41, 5.74) is 4.28. The summed E-state index contributed by atoms with van der Waals surface area (Å²) in [5, 5.41) is 0. The maximum Gasteiger partial charge on any atom is 0.338 e. The number of hydrogen-bond donors (Lipinski definition) is 0. The summed E-state index contributed by atoms with van der Waals surface area (Å²) >= 11 is 0. The molecular weight excluding hydrogens is 394 g/mol. The molecule has 160 valence electrons. The van der Waals surface area contributed by atoms with Gasteiger partial charge in [0.2, 0.25) is 0 Å². The number of carbonyl (C=O) groups is 2. The number of aryl methyl sites for hydroxylation is 2. The second-order valence-electron chi connectivity index (χ2n) is 7.67. The van der Waals surface area contributed by atoms with Gasteiger partial charge in [0.05, 0.1) is 40.8 Å². The molecule has 1 aliphatic rings. The standard InChI is InChI=1S/C24H25N3O4/c1-16-17(2)26-22-13-18(10-11-21(22)25-16)24(29)31-15-23(28)27(14-20-9-6-12-30-20)19-7-4-3-5-8-19/h6-7,9-13H,3-5,8,14-15H2,1-2H3. The van der Waals surface area contributed by atoms with E-state index in [1.807, 2.05) is 19.9 Å². The molecule has 2 heterocycles. The highest BCUT2D eigenvalue weighted by Crippen LogP contribution is 2.23. The molecular formula is C24H25N3O4. The molecule has 7 nitrogen and oxygen atoms in total. The minimum absolute atomic E-state index is 0.273. The summed E-state index contributed by atoms with van der Waals surface area (Å²) in [6, 6.07) is 8.65. The van der Waals surface area contributed by atoms with Crippen molar-refractivity contribution in [2.24, 2.45) is 0 Å². The Morgan fingerprint density at radius 2 is 1.90 bits per heavy atom. The smallest absolute Gasteiger partial charge is 0.338 e. The number of allylic oxidation sites excluding steroid dienone is 2. The summed E-state index contributed by atoms with van der Waals surface area (Å²) in [6.07, 6.45) is 7.57. The fraction of sp³-hybridized carbons (Fsp3) is 0.333. The van der Waals surface area contributed by atoms with Crippen LogP contribution < -0.4 is 0 Å². The van der Waals surface area contributed by atoms with E-state index in [0.717, 1.165) is 42.8 Å². The highest BCUT2D eigenvalue weighted by Gasteiger charge is 2.22.